The van der Waals surface area contributed by atoms with Crippen molar-refractivity contribution in [1.82, 2.24) is 4.90 Å². The van der Waals surface area contributed by atoms with E-state index in [0.29, 0.717) is 24.2 Å². The Hall–Kier alpha value is -2.37. The Morgan fingerprint density at radius 2 is 1.79 bits per heavy atom. The Balaban J connectivity index is 1.47. The molecule has 1 saturated heterocycles. The number of carbonyl (C=O) groups excluding carboxylic acids is 3. The van der Waals surface area contributed by atoms with Crippen LogP contribution in [0, 0.1) is 17.3 Å². The summed E-state index contributed by atoms with van der Waals surface area (Å²) < 4.78 is 10.8. The van der Waals surface area contributed by atoms with Crippen LogP contribution in [0.4, 0.5) is 4.79 Å². The number of carbonyl (C=O) groups is 3. The van der Waals surface area contributed by atoms with E-state index < -0.39 is 17.6 Å². The average Bonchev–Trinajstić information content (AvgIpc) is 3.41. The van der Waals surface area contributed by atoms with Crippen LogP contribution in [-0.2, 0) is 25.5 Å². The minimum absolute atomic E-state index is 0.000414. The Labute approximate surface area is 197 Å². The van der Waals surface area contributed by atoms with Gasteiger partial charge in [-0.1, -0.05) is 30.3 Å². The Morgan fingerprint density at radius 3 is 2.39 bits per heavy atom. The van der Waals surface area contributed by atoms with Crippen LogP contribution in [0.2, 0.25) is 0 Å². The van der Waals surface area contributed by atoms with Crippen molar-refractivity contribution in [2.24, 2.45) is 17.3 Å². The third-order valence-electron chi connectivity index (χ3n) is 7.44. The van der Waals surface area contributed by atoms with Gasteiger partial charge in [-0.05, 0) is 89.0 Å². The largest absolute Gasteiger partial charge is 0.460 e. The lowest BCUT2D eigenvalue weighted by Crippen LogP contribution is -2.45. The van der Waals surface area contributed by atoms with E-state index in [2.05, 4.69) is 0 Å². The average molecular weight is 456 g/mol. The van der Waals surface area contributed by atoms with Crippen molar-refractivity contribution < 1.29 is 23.9 Å². The molecule has 3 fully saturated rings. The number of amides is 2. The summed E-state index contributed by atoms with van der Waals surface area (Å²) in [5.74, 6) is -0.848. The topological polar surface area (TPSA) is 72.9 Å². The third-order valence-corrected chi connectivity index (χ3v) is 7.44. The molecule has 2 aliphatic carbocycles. The summed E-state index contributed by atoms with van der Waals surface area (Å²) >= 11 is 0. The van der Waals surface area contributed by atoms with Crippen molar-refractivity contribution >= 4 is 18.0 Å². The lowest BCUT2D eigenvalue weighted by atomic mass is 9.75. The first-order chi connectivity index (χ1) is 15.6. The molecule has 2 atom stereocenters. The fraction of sp³-hybridized carbons (Fsp3) is 0.667. The molecule has 0 bridgehead atoms. The van der Waals surface area contributed by atoms with Gasteiger partial charge in [0.2, 0.25) is 5.91 Å². The predicted octanol–water partition coefficient (Wildman–Crippen LogP) is 5.29. The second-order valence-corrected chi connectivity index (χ2v) is 11.3. The number of hydrogen-bond donors (Lipinski definition) is 0. The van der Waals surface area contributed by atoms with Crippen molar-refractivity contribution in [2.75, 3.05) is 6.61 Å². The molecule has 6 heteroatoms. The zero-order chi connectivity index (χ0) is 23.6. The first-order valence-corrected chi connectivity index (χ1v) is 12.4. The number of cyclic esters (lactones) is 1. The maximum atomic E-state index is 13.7. The van der Waals surface area contributed by atoms with Gasteiger partial charge in [-0.25, -0.2) is 9.69 Å². The highest BCUT2D eigenvalue weighted by atomic mass is 16.6. The summed E-state index contributed by atoms with van der Waals surface area (Å²) in [5, 5.41) is 0. The molecule has 1 heterocycles. The van der Waals surface area contributed by atoms with E-state index in [1.54, 1.807) is 0 Å². The number of ether oxygens (including phenoxy) is 2. The van der Waals surface area contributed by atoms with Gasteiger partial charge in [0, 0.05) is 5.92 Å². The van der Waals surface area contributed by atoms with Crippen molar-refractivity contribution in [3.63, 3.8) is 0 Å². The number of hydrogen-bond acceptors (Lipinski definition) is 5. The molecule has 6 nitrogen and oxygen atoms in total. The smallest absolute Gasteiger partial charge is 0.416 e. The molecule has 1 aromatic carbocycles. The molecule has 33 heavy (non-hydrogen) atoms. The zero-order valence-corrected chi connectivity index (χ0v) is 20.2. The van der Waals surface area contributed by atoms with Gasteiger partial charge in [0.1, 0.15) is 12.2 Å². The molecule has 0 N–H and O–H groups in total. The van der Waals surface area contributed by atoms with Gasteiger partial charge >= 0.3 is 12.1 Å². The Morgan fingerprint density at radius 1 is 1.12 bits per heavy atom. The summed E-state index contributed by atoms with van der Waals surface area (Å²) in [5.41, 5.74) is 1.00. The standard InChI is InChI=1S/C27H37NO5/c1-26(2,3)33-23(29)17-21(15-20-9-11-27(12-10-20)13-14-27)24(30)28-22(18-32-25(28)31)16-19-7-5-4-6-8-19/h4-8,20-22H,9-18H2,1-3H3/t21-,22+/m1/s1. The van der Waals surface area contributed by atoms with E-state index in [1.165, 1.54) is 30.6 Å². The third kappa shape index (κ3) is 6.15. The fourth-order valence-corrected chi connectivity index (χ4v) is 5.42. The molecule has 3 aliphatic rings. The highest BCUT2D eigenvalue weighted by molar-refractivity contribution is 5.96. The van der Waals surface area contributed by atoms with E-state index in [-0.39, 0.29) is 30.9 Å². The molecule has 2 amide bonds. The first kappa shape index (κ1) is 23.8. The molecule has 2 saturated carbocycles. The van der Waals surface area contributed by atoms with E-state index in [4.69, 9.17) is 9.47 Å². The number of rotatable bonds is 7. The van der Waals surface area contributed by atoms with E-state index in [1.807, 2.05) is 51.1 Å². The van der Waals surface area contributed by atoms with Crippen LogP contribution in [-0.4, -0.2) is 41.1 Å². The molecular weight excluding hydrogens is 418 g/mol. The maximum absolute atomic E-state index is 13.7. The SMILES string of the molecule is CC(C)(C)OC(=O)C[C@@H](CC1CCC2(CC1)CC2)C(=O)N1C(=O)OC[C@@H]1Cc1ccccc1. The lowest BCUT2D eigenvalue weighted by molar-refractivity contribution is -0.158. The summed E-state index contributed by atoms with van der Waals surface area (Å²) in [7, 11) is 0. The summed E-state index contributed by atoms with van der Waals surface area (Å²) in [6.07, 6.45) is 7.85. The van der Waals surface area contributed by atoms with Crippen LogP contribution < -0.4 is 0 Å². The molecule has 1 aliphatic heterocycles. The maximum Gasteiger partial charge on any atom is 0.416 e. The van der Waals surface area contributed by atoms with Crippen molar-refractivity contribution in [3.05, 3.63) is 35.9 Å². The van der Waals surface area contributed by atoms with Crippen LogP contribution in [0.15, 0.2) is 30.3 Å². The van der Waals surface area contributed by atoms with Crippen molar-refractivity contribution in [2.45, 2.75) is 90.2 Å². The van der Waals surface area contributed by atoms with Gasteiger partial charge in [-0.15, -0.1) is 0 Å². The minimum Gasteiger partial charge on any atom is -0.460 e. The normalized spacial score (nSPS) is 23.3. The second-order valence-electron chi connectivity index (χ2n) is 11.3. The fourth-order valence-electron chi connectivity index (χ4n) is 5.42. The van der Waals surface area contributed by atoms with Gasteiger partial charge in [0.15, 0.2) is 0 Å². The molecule has 0 radical (unpaired) electrons. The second kappa shape index (κ2) is 9.47. The quantitative estimate of drug-likeness (QED) is 0.523. The highest BCUT2D eigenvalue weighted by Gasteiger charge is 2.46. The van der Waals surface area contributed by atoms with Gasteiger partial charge in [0.05, 0.1) is 12.5 Å². The number of imide groups is 1. The van der Waals surface area contributed by atoms with E-state index in [0.717, 1.165) is 18.4 Å². The molecule has 180 valence electrons. The minimum atomic E-state index is -0.615. The molecule has 0 aromatic heterocycles. The number of esters is 1. The monoisotopic (exact) mass is 455 g/mol. The molecule has 4 rings (SSSR count). The van der Waals surface area contributed by atoms with Gasteiger partial charge in [-0.2, -0.15) is 0 Å². The predicted molar refractivity (Wildman–Crippen MR) is 124 cm³/mol. The first-order valence-electron chi connectivity index (χ1n) is 12.4. The van der Waals surface area contributed by atoms with Gasteiger partial charge in [-0.3, -0.25) is 9.59 Å². The van der Waals surface area contributed by atoms with Crippen molar-refractivity contribution in [3.8, 4) is 0 Å². The molecule has 0 unspecified atom stereocenters. The molecule has 1 spiro atoms. The molecular formula is C27H37NO5. The van der Waals surface area contributed by atoms with Crippen LogP contribution in [0.5, 0.6) is 0 Å². The van der Waals surface area contributed by atoms with Crippen LogP contribution in [0.25, 0.3) is 0 Å². The summed E-state index contributed by atoms with van der Waals surface area (Å²) in [6.45, 7) is 5.66. The zero-order valence-electron chi connectivity index (χ0n) is 20.2. The van der Waals surface area contributed by atoms with Crippen LogP contribution >= 0.6 is 0 Å². The van der Waals surface area contributed by atoms with Crippen molar-refractivity contribution in [1.29, 1.82) is 0 Å². The van der Waals surface area contributed by atoms with Gasteiger partial charge < -0.3 is 9.47 Å². The Bertz CT molecular complexity index is 860. The number of nitrogens with zero attached hydrogens (tertiary/aromatic N) is 1. The Kier molecular flexibility index (Phi) is 6.83. The highest BCUT2D eigenvalue weighted by Crippen LogP contribution is 2.57. The van der Waals surface area contributed by atoms with Crippen LogP contribution in [0.1, 0.15) is 77.7 Å². The lowest BCUT2D eigenvalue weighted by Gasteiger charge is -2.32. The number of benzene rings is 1. The molecule has 1 aromatic rings. The van der Waals surface area contributed by atoms with Crippen LogP contribution in [0.3, 0.4) is 0 Å². The van der Waals surface area contributed by atoms with Gasteiger partial charge in [0.25, 0.3) is 0 Å². The van der Waals surface area contributed by atoms with E-state index >= 15 is 0 Å². The summed E-state index contributed by atoms with van der Waals surface area (Å²) in [4.78, 5) is 40.2. The summed E-state index contributed by atoms with van der Waals surface area (Å²) in [6, 6.07) is 9.45. The van der Waals surface area contributed by atoms with E-state index in [9.17, 15) is 14.4 Å².